The Kier molecular flexibility index (Phi) is 7.99. The van der Waals surface area contributed by atoms with E-state index in [-0.39, 0.29) is 23.0 Å². The minimum absolute atomic E-state index is 0. The van der Waals surface area contributed by atoms with Crippen LogP contribution in [0.4, 0.5) is 13.2 Å². The molecule has 0 aliphatic rings. The first-order valence-corrected chi connectivity index (χ1v) is 3.78. The maximum absolute atomic E-state index is 11.7. The van der Waals surface area contributed by atoms with Gasteiger partial charge >= 0.3 is 6.18 Å². The van der Waals surface area contributed by atoms with Crippen LogP contribution in [0.3, 0.4) is 0 Å². The van der Waals surface area contributed by atoms with E-state index in [0.29, 0.717) is 6.54 Å². The van der Waals surface area contributed by atoms with Crippen LogP contribution in [-0.4, -0.2) is 42.4 Å². The van der Waals surface area contributed by atoms with E-state index in [9.17, 15) is 13.2 Å². The molecule has 1 unspecified atom stereocenters. The van der Waals surface area contributed by atoms with Crippen LogP contribution in [0.25, 0.3) is 0 Å². The summed E-state index contributed by atoms with van der Waals surface area (Å²) in [6, 6.07) is 0. The third-order valence-electron chi connectivity index (χ3n) is 1.53. The zero-order valence-electron chi connectivity index (χ0n) is 7.54. The summed E-state index contributed by atoms with van der Waals surface area (Å²) >= 11 is 0. The minimum atomic E-state index is -4.27. The third-order valence-corrected chi connectivity index (χ3v) is 1.53. The summed E-state index contributed by atoms with van der Waals surface area (Å²) in [5.41, 5.74) is 0. The summed E-state index contributed by atoms with van der Waals surface area (Å²) in [4.78, 5) is 1.64. The van der Waals surface area contributed by atoms with Crippen molar-refractivity contribution in [2.24, 2.45) is 0 Å². The van der Waals surface area contributed by atoms with E-state index in [1.807, 2.05) is 6.92 Å². The summed E-state index contributed by atoms with van der Waals surface area (Å²) < 4.78 is 35.0. The molecule has 2 nitrogen and oxygen atoms in total. The Hall–Kier alpha value is 0.204. The topological polar surface area (TPSA) is 23.5 Å². The Labute approximate surface area is 86.0 Å². The molecule has 13 heavy (non-hydrogen) atoms. The number of alkyl halides is 3. The van der Waals surface area contributed by atoms with Gasteiger partial charge in [0.1, 0.15) is 0 Å². The summed E-state index contributed by atoms with van der Waals surface area (Å²) in [5, 5.41) is 8.92. The van der Waals surface area contributed by atoms with E-state index >= 15 is 0 Å². The Morgan fingerprint density at radius 2 is 1.85 bits per heavy atom. The number of likely N-dealkylation sites (N-methyl/N-ethyl adjacent to an activating group) is 1. The second-order valence-corrected chi connectivity index (χ2v) is 2.83. The normalized spacial score (nSPS) is 14.1. The first kappa shape index (κ1) is 15.7. The van der Waals surface area contributed by atoms with Gasteiger partial charge in [0.05, 0.1) is 12.5 Å². The molecular weight excluding hydrogens is 230 g/mol. The van der Waals surface area contributed by atoms with Gasteiger partial charge in [-0.15, -0.1) is 0 Å². The standard InChI is InChI=1S/C7H14F3NO.Ni/c1-3-11(2)5-6(12)4-7(8,9)10;/h6,12H,3-5H2,1-2H3;. The number of halogens is 3. The average Bonchev–Trinajstić information content (AvgIpc) is 1.82. The van der Waals surface area contributed by atoms with Gasteiger partial charge in [-0.25, -0.2) is 0 Å². The smallest absolute Gasteiger partial charge is 0.391 e. The molecule has 0 amide bonds. The summed E-state index contributed by atoms with van der Waals surface area (Å²) in [7, 11) is 1.67. The van der Waals surface area contributed by atoms with E-state index in [1.165, 1.54) is 0 Å². The molecule has 0 spiro atoms. The van der Waals surface area contributed by atoms with Gasteiger partial charge in [-0.3, -0.25) is 0 Å². The van der Waals surface area contributed by atoms with Crippen molar-refractivity contribution in [1.82, 2.24) is 4.90 Å². The summed E-state index contributed by atoms with van der Waals surface area (Å²) in [6.45, 7) is 2.52. The Morgan fingerprint density at radius 1 is 1.38 bits per heavy atom. The Balaban J connectivity index is 0. The monoisotopic (exact) mass is 243 g/mol. The van der Waals surface area contributed by atoms with E-state index in [0.717, 1.165) is 0 Å². The van der Waals surface area contributed by atoms with E-state index in [4.69, 9.17) is 5.11 Å². The van der Waals surface area contributed by atoms with Crippen LogP contribution in [-0.2, 0) is 16.5 Å². The van der Waals surface area contributed by atoms with Crippen LogP contribution in [0.2, 0.25) is 0 Å². The van der Waals surface area contributed by atoms with E-state index in [2.05, 4.69) is 0 Å². The number of hydrogen-bond donors (Lipinski definition) is 1. The van der Waals surface area contributed by atoms with Gasteiger partial charge in [-0.2, -0.15) is 13.2 Å². The molecule has 84 valence electrons. The van der Waals surface area contributed by atoms with Crippen molar-refractivity contribution in [2.45, 2.75) is 25.6 Å². The molecule has 0 heterocycles. The predicted molar refractivity (Wildman–Crippen MR) is 39.8 cm³/mol. The average molecular weight is 244 g/mol. The van der Waals surface area contributed by atoms with Gasteiger partial charge < -0.3 is 10.0 Å². The fourth-order valence-corrected chi connectivity index (χ4v) is 0.821. The molecule has 0 aliphatic heterocycles. The zero-order valence-corrected chi connectivity index (χ0v) is 8.53. The van der Waals surface area contributed by atoms with Crippen molar-refractivity contribution >= 4 is 0 Å². The molecule has 1 atom stereocenters. The maximum atomic E-state index is 11.7. The number of aliphatic hydroxyl groups excluding tert-OH is 1. The van der Waals surface area contributed by atoms with Crippen LogP contribution >= 0.6 is 0 Å². The van der Waals surface area contributed by atoms with E-state index < -0.39 is 18.7 Å². The number of aliphatic hydroxyl groups is 1. The third kappa shape index (κ3) is 10.1. The van der Waals surface area contributed by atoms with E-state index in [1.54, 1.807) is 11.9 Å². The molecule has 1 N–H and O–H groups in total. The van der Waals surface area contributed by atoms with Crippen molar-refractivity contribution < 1.29 is 34.8 Å². The first-order valence-electron chi connectivity index (χ1n) is 3.78. The van der Waals surface area contributed by atoms with Crippen molar-refractivity contribution in [1.29, 1.82) is 0 Å². The number of hydrogen-bond acceptors (Lipinski definition) is 2. The molecule has 0 bridgehead atoms. The molecule has 0 aliphatic carbocycles. The summed E-state index contributed by atoms with van der Waals surface area (Å²) in [6.07, 6.45) is -6.71. The van der Waals surface area contributed by atoms with Crippen LogP contribution in [0.5, 0.6) is 0 Å². The molecule has 0 radical (unpaired) electrons. The van der Waals surface area contributed by atoms with Crippen LogP contribution in [0.1, 0.15) is 13.3 Å². The Bertz CT molecular complexity index is 131. The van der Waals surface area contributed by atoms with Gasteiger partial charge in [0.2, 0.25) is 0 Å². The fraction of sp³-hybridized carbons (Fsp3) is 1.00. The number of nitrogens with zero attached hydrogens (tertiary/aromatic N) is 1. The molecule has 0 aromatic carbocycles. The second kappa shape index (κ2) is 6.63. The van der Waals surface area contributed by atoms with Crippen LogP contribution in [0, 0.1) is 0 Å². The van der Waals surface area contributed by atoms with Crippen molar-refractivity contribution in [3.05, 3.63) is 0 Å². The molecule has 6 heteroatoms. The molecule has 0 saturated heterocycles. The second-order valence-electron chi connectivity index (χ2n) is 2.83. The van der Waals surface area contributed by atoms with Gasteiger partial charge in [-0.05, 0) is 13.6 Å². The minimum Gasteiger partial charge on any atom is -0.391 e. The van der Waals surface area contributed by atoms with Crippen LogP contribution in [0.15, 0.2) is 0 Å². The van der Waals surface area contributed by atoms with Gasteiger partial charge in [0, 0.05) is 23.0 Å². The Morgan fingerprint density at radius 3 is 2.15 bits per heavy atom. The molecule has 0 aromatic heterocycles. The van der Waals surface area contributed by atoms with Crippen molar-refractivity contribution in [2.75, 3.05) is 20.1 Å². The summed E-state index contributed by atoms with van der Waals surface area (Å²) in [5.74, 6) is 0. The maximum Gasteiger partial charge on any atom is 0.391 e. The van der Waals surface area contributed by atoms with Crippen molar-refractivity contribution in [3.8, 4) is 0 Å². The predicted octanol–water partition coefficient (Wildman–Crippen LogP) is 1.25. The van der Waals surface area contributed by atoms with Gasteiger partial charge in [0.25, 0.3) is 0 Å². The number of rotatable bonds is 4. The van der Waals surface area contributed by atoms with Crippen molar-refractivity contribution in [3.63, 3.8) is 0 Å². The molecule has 0 aromatic rings. The zero-order chi connectivity index (χ0) is 9.78. The first-order chi connectivity index (χ1) is 5.35. The van der Waals surface area contributed by atoms with Gasteiger partial charge in [0.15, 0.2) is 0 Å². The molecule has 0 saturated carbocycles. The quantitative estimate of drug-likeness (QED) is 0.752. The largest absolute Gasteiger partial charge is 0.391 e. The fourth-order valence-electron chi connectivity index (χ4n) is 0.821. The SMILES string of the molecule is CCN(C)CC(O)CC(F)(F)F.[Ni]. The molecule has 0 fully saturated rings. The molecular formula is C7H14F3NNiO. The van der Waals surface area contributed by atoms with Crippen LogP contribution < -0.4 is 0 Å². The van der Waals surface area contributed by atoms with Gasteiger partial charge in [-0.1, -0.05) is 6.92 Å². The molecule has 0 rings (SSSR count).